The summed E-state index contributed by atoms with van der Waals surface area (Å²) in [6.45, 7) is 2.95. The van der Waals surface area contributed by atoms with Crippen molar-refractivity contribution in [3.05, 3.63) is 27.3 Å². The molecule has 0 aromatic heterocycles. The number of piperazine rings is 1. The number of nitrogens with one attached hydrogen (secondary N) is 1. The first-order valence-electron chi connectivity index (χ1n) is 6.24. The molecule has 0 radical (unpaired) electrons. The summed E-state index contributed by atoms with van der Waals surface area (Å²) in [6.07, 6.45) is 0. The zero-order valence-corrected chi connectivity index (χ0v) is 13.3. The van der Waals surface area contributed by atoms with Gasteiger partial charge in [-0.25, -0.2) is 9.59 Å². The topological polar surface area (TPSA) is 72.9 Å². The van der Waals surface area contributed by atoms with Crippen molar-refractivity contribution in [2.75, 3.05) is 38.5 Å². The fourth-order valence-electron chi connectivity index (χ4n) is 2.01. The summed E-state index contributed by atoms with van der Waals surface area (Å²) >= 11 is 2.04. The second-order valence-electron chi connectivity index (χ2n) is 4.72. The van der Waals surface area contributed by atoms with Crippen molar-refractivity contribution in [3.63, 3.8) is 0 Å². The Morgan fingerprint density at radius 3 is 2.50 bits per heavy atom. The summed E-state index contributed by atoms with van der Waals surface area (Å²) in [7, 11) is 2.01. The fraction of sp³-hybridized carbons (Fsp3) is 0.385. The van der Waals surface area contributed by atoms with Crippen LogP contribution in [0, 0.1) is 3.57 Å². The molecule has 6 nitrogen and oxygen atoms in total. The van der Waals surface area contributed by atoms with Gasteiger partial charge in [0, 0.05) is 29.7 Å². The van der Waals surface area contributed by atoms with Crippen LogP contribution >= 0.6 is 22.6 Å². The number of hydrogen-bond acceptors (Lipinski definition) is 3. The largest absolute Gasteiger partial charge is 0.478 e. The van der Waals surface area contributed by atoms with E-state index >= 15 is 0 Å². The molecule has 0 bridgehead atoms. The lowest BCUT2D eigenvalue weighted by atomic mass is 10.2. The number of carboxylic acid groups (broad SMARTS) is 1. The number of likely N-dealkylation sites (N-methyl/N-ethyl adjacent to an activating group) is 1. The second kappa shape index (κ2) is 6.40. The third-order valence-electron chi connectivity index (χ3n) is 3.24. The summed E-state index contributed by atoms with van der Waals surface area (Å²) in [4.78, 5) is 27.2. The number of amides is 2. The van der Waals surface area contributed by atoms with E-state index in [4.69, 9.17) is 0 Å². The minimum atomic E-state index is -1.04. The van der Waals surface area contributed by atoms with Crippen LogP contribution in [-0.2, 0) is 0 Å². The van der Waals surface area contributed by atoms with Crippen LogP contribution < -0.4 is 5.32 Å². The quantitative estimate of drug-likeness (QED) is 0.757. The van der Waals surface area contributed by atoms with E-state index in [0.717, 1.165) is 16.7 Å². The summed E-state index contributed by atoms with van der Waals surface area (Å²) in [6, 6.07) is 4.69. The number of anilines is 1. The van der Waals surface area contributed by atoms with Crippen LogP contribution in [-0.4, -0.2) is 60.1 Å². The Labute approximate surface area is 130 Å². The molecule has 7 heteroatoms. The van der Waals surface area contributed by atoms with Gasteiger partial charge >= 0.3 is 12.0 Å². The van der Waals surface area contributed by atoms with Crippen LogP contribution in [0.2, 0.25) is 0 Å². The maximum atomic E-state index is 12.1. The number of benzene rings is 1. The molecule has 1 heterocycles. The number of urea groups is 1. The molecule has 0 aliphatic carbocycles. The molecule has 0 unspecified atom stereocenters. The number of nitrogens with zero attached hydrogens (tertiary/aromatic N) is 2. The third kappa shape index (κ3) is 3.60. The van der Waals surface area contributed by atoms with Crippen LogP contribution in [0.15, 0.2) is 18.2 Å². The second-order valence-corrected chi connectivity index (χ2v) is 5.96. The van der Waals surface area contributed by atoms with Crippen LogP contribution in [0.25, 0.3) is 0 Å². The van der Waals surface area contributed by atoms with Gasteiger partial charge in [0.1, 0.15) is 0 Å². The zero-order chi connectivity index (χ0) is 14.7. The van der Waals surface area contributed by atoms with Gasteiger partial charge < -0.3 is 20.2 Å². The third-order valence-corrected chi connectivity index (χ3v) is 3.92. The van der Waals surface area contributed by atoms with Gasteiger partial charge in [-0.05, 0) is 47.8 Å². The minimum Gasteiger partial charge on any atom is -0.478 e. The predicted octanol–water partition coefficient (Wildman–Crippen LogP) is 1.77. The molecule has 2 N–H and O–H groups in total. The SMILES string of the molecule is CN1CCN(C(=O)Nc2ccc(I)cc2C(=O)O)CC1. The molecule has 2 amide bonds. The standard InChI is InChI=1S/C13H16IN3O3/c1-16-4-6-17(7-5-16)13(20)15-11-3-2-9(14)8-10(11)12(18)19/h2-3,8H,4-7H2,1H3,(H,15,20)(H,18,19). The van der Waals surface area contributed by atoms with Crippen molar-refractivity contribution in [1.29, 1.82) is 0 Å². The molecule has 1 aromatic carbocycles. The van der Waals surface area contributed by atoms with E-state index in [1.54, 1.807) is 23.1 Å². The van der Waals surface area contributed by atoms with Crippen molar-refractivity contribution in [2.45, 2.75) is 0 Å². The van der Waals surface area contributed by atoms with E-state index in [0.29, 0.717) is 18.8 Å². The molecule has 1 aliphatic rings. The molecule has 0 saturated carbocycles. The number of rotatable bonds is 2. The first-order valence-corrected chi connectivity index (χ1v) is 7.32. The Balaban J connectivity index is 2.10. The average Bonchev–Trinajstić information content (AvgIpc) is 2.41. The molecule has 108 valence electrons. The number of hydrogen-bond donors (Lipinski definition) is 2. The Kier molecular flexibility index (Phi) is 4.81. The lowest BCUT2D eigenvalue weighted by molar-refractivity contribution is 0.0698. The first kappa shape index (κ1) is 15.0. The van der Waals surface area contributed by atoms with Gasteiger partial charge in [0.15, 0.2) is 0 Å². The molecular weight excluding hydrogens is 373 g/mol. The Bertz CT molecular complexity index is 528. The molecule has 0 atom stereocenters. The lowest BCUT2D eigenvalue weighted by Crippen LogP contribution is -2.48. The van der Waals surface area contributed by atoms with Gasteiger partial charge in [-0.1, -0.05) is 0 Å². The number of carbonyl (C=O) groups is 2. The van der Waals surface area contributed by atoms with Gasteiger partial charge in [0.2, 0.25) is 0 Å². The molecule has 1 fully saturated rings. The maximum absolute atomic E-state index is 12.1. The average molecular weight is 389 g/mol. The van der Waals surface area contributed by atoms with Crippen LogP contribution in [0.4, 0.5) is 10.5 Å². The summed E-state index contributed by atoms with van der Waals surface area (Å²) < 4.78 is 0.817. The predicted molar refractivity (Wildman–Crippen MR) is 84.2 cm³/mol. The zero-order valence-electron chi connectivity index (χ0n) is 11.1. The fourth-order valence-corrected chi connectivity index (χ4v) is 2.50. The van der Waals surface area contributed by atoms with Gasteiger partial charge in [0.25, 0.3) is 0 Å². The highest BCUT2D eigenvalue weighted by Gasteiger charge is 2.20. The van der Waals surface area contributed by atoms with Crippen LogP contribution in [0.1, 0.15) is 10.4 Å². The number of carboxylic acids is 1. The highest BCUT2D eigenvalue weighted by molar-refractivity contribution is 14.1. The van der Waals surface area contributed by atoms with Crippen molar-refractivity contribution in [2.24, 2.45) is 0 Å². The van der Waals surface area contributed by atoms with E-state index in [2.05, 4.69) is 10.2 Å². The van der Waals surface area contributed by atoms with Crippen LogP contribution in [0.5, 0.6) is 0 Å². The van der Waals surface area contributed by atoms with Crippen molar-refractivity contribution in [1.82, 2.24) is 9.80 Å². The van der Waals surface area contributed by atoms with Crippen molar-refractivity contribution in [3.8, 4) is 0 Å². The van der Waals surface area contributed by atoms with Crippen molar-refractivity contribution < 1.29 is 14.7 Å². The summed E-state index contributed by atoms with van der Waals surface area (Å²) in [5.74, 6) is -1.04. The first-order chi connectivity index (χ1) is 9.47. The number of halogens is 1. The van der Waals surface area contributed by atoms with Gasteiger partial charge in [-0.15, -0.1) is 0 Å². The Hall–Kier alpha value is -1.35. The Morgan fingerprint density at radius 2 is 1.90 bits per heavy atom. The molecular formula is C13H16IN3O3. The number of aromatic carboxylic acids is 1. The normalized spacial score (nSPS) is 16.0. The van der Waals surface area contributed by atoms with E-state index < -0.39 is 5.97 Å². The van der Waals surface area contributed by atoms with Crippen LogP contribution in [0.3, 0.4) is 0 Å². The minimum absolute atomic E-state index is 0.111. The van der Waals surface area contributed by atoms with E-state index in [1.807, 2.05) is 29.6 Å². The molecule has 2 rings (SSSR count). The smallest absolute Gasteiger partial charge is 0.337 e. The summed E-state index contributed by atoms with van der Waals surface area (Å²) in [5, 5.41) is 11.9. The van der Waals surface area contributed by atoms with Gasteiger partial charge in [-0.3, -0.25) is 0 Å². The highest BCUT2D eigenvalue weighted by Crippen LogP contribution is 2.19. The lowest BCUT2D eigenvalue weighted by Gasteiger charge is -2.32. The molecule has 20 heavy (non-hydrogen) atoms. The molecule has 1 aliphatic heterocycles. The Morgan fingerprint density at radius 1 is 1.25 bits per heavy atom. The van der Waals surface area contributed by atoms with Crippen molar-refractivity contribution >= 4 is 40.3 Å². The maximum Gasteiger partial charge on any atom is 0.337 e. The summed E-state index contributed by atoms with van der Waals surface area (Å²) in [5.41, 5.74) is 0.446. The molecule has 0 spiro atoms. The van der Waals surface area contributed by atoms with E-state index in [1.165, 1.54) is 0 Å². The van der Waals surface area contributed by atoms with Gasteiger partial charge in [-0.2, -0.15) is 0 Å². The van der Waals surface area contributed by atoms with E-state index in [-0.39, 0.29) is 11.6 Å². The highest BCUT2D eigenvalue weighted by atomic mass is 127. The monoisotopic (exact) mass is 389 g/mol. The molecule has 1 saturated heterocycles. The number of carbonyl (C=O) groups excluding carboxylic acids is 1. The van der Waals surface area contributed by atoms with Gasteiger partial charge in [0.05, 0.1) is 11.3 Å². The van der Waals surface area contributed by atoms with E-state index in [9.17, 15) is 14.7 Å². The molecule has 1 aromatic rings.